The molecule has 0 atom stereocenters. The number of benzene rings is 1. The summed E-state index contributed by atoms with van der Waals surface area (Å²) in [5.41, 5.74) is 0. The number of hydrogen-bond donors (Lipinski definition) is 0. The Labute approximate surface area is 142 Å². The van der Waals surface area contributed by atoms with Gasteiger partial charge in [-0.15, -0.1) is 19.4 Å². The maximum atomic E-state index is 8.93. The molecule has 0 unspecified atom stereocenters. The standard InChI is InChI=1S/C6H5.2C5H5.C2H5O.Hf/c1-2-4-6-5-3-1;2*1-2-4-5-3-1;1-2-3;/h1-5H;2*1-3H,4H2;2H2,1H3;/q4*-1;+4. The van der Waals surface area contributed by atoms with E-state index in [2.05, 4.69) is 30.4 Å². The average Bonchev–Trinajstić information content (AvgIpc) is 3.20. The third-order valence-corrected chi connectivity index (χ3v) is 1.78. The first-order valence-electron chi connectivity index (χ1n) is 6.34. The summed E-state index contributed by atoms with van der Waals surface area (Å²) >= 11 is 0. The van der Waals surface area contributed by atoms with E-state index in [4.69, 9.17) is 5.11 Å². The first kappa shape index (κ1) is 21.3. The van der Waals surface area contributed by atoms with Gasteiger partial charge in [-0.2, -0.15) is 48.6 Å². The van der Waals surface area contributed by atoms with Crippen molar-refractivity contribution in [2.75, 3.05) is 6.61 Å². The molecule has 0 N–H and O–H groups in total. The van der Waals surface area contributed by atoms with Gasteiger partial charge in [-0.05, 0) is 0 Å². The summed E-state index contributed by atoms with van der Waals surface area (Å²) in [6.07, 6.45) is 20.0. The van der Waals surface area contributed by atoms with Crippen LogP contribution >= 0.6 is 0 Å². The van der Waals surface area contributed by atoms with Gasteiger partial charge >= 0.3 is 25.8 Å². The van der Waals surface area contributed by atoms with E-state index in [1.165, 1.54) is 0 Å². The molecule has 3 rings (SSSR count). The Bertz CT molecular complexity index is 309. The molecule has 2 aliphatic rings. The zero-order chi connectivity index (χ0) is 14.0. The van der Waals surface area contributed by atoms with Crippen molar-refractivity contribution in [1.82, 2.24) is 0 Å². The Morgan fingerprint density at radius 2 is 1.35 bits per heavy atom. The molecule has 0 aromatic heterocycles. The largest absolute Gasteiger partial charge is 4.00 e. The van der Waals surface area contributed by atoms with Crippen LogP contribution < -0.4 is 5.11 Å². The van der Waals surface area contributed by atoms with E-state index < -0.39 is 0 Å². The molecular weight excluding hydrogens is 411 g/mol. The van der Waals surface area contributed by atoms with Crippen LogP contribution in [-0.4, -0.2) is 6.61 Å². The van der Waals surface area contributed by atoms with E-state index in [0.717, 1.165) is 12.8 Å². The first-order chi connectivity index (χ1) is 9.41. The molecular formula is C18H20HfO. The van der Waals surface area contributed by atoms with E-state index in [1.807, 2.05) is 54.6 Å². The summed E-state index contributed by atoms with van der Waals surface area (Å²) in [5.74, 6) is 0. The number of rotatable bonds is 0. The van der Waals surface area contributed by atoms with E-state index in [1.54, 1.807) is 6.92 Å². The van der Waals surface area contributed by atoms with Crippen LogP contribution in [0.3, 0.4) is 0 Å². The Morgan fingerprint density at radius 3 is 1.45 bits per heavy atom. The zero-order valence-corrected chi connectivity index (χ0v) is 15.5. The summed E-state index contributed by atoms with van der Waals surface area (Å²) in [6, 6.07) is 12.5. The van der Waals surface area contributed by atoms with E-state index in [-0.39, 0.29) is 32.5 Å². The van der Waals surface area contributed by atoms with Crippen LogP contribution in [0, 0.1) is 18.2 Å². The van der Waals surface area contributed by atoms with Crippen molar-refractivity contribution < 1.29 is 30.9 Å². The third kappa shape index (κ3) is 19.4. The average molecular weight is 431 g/mol. The minimum atomic E-state index is 0. The SMILES string of the molecule is CC[O-].[C-]1=CC=CC1.[C-]1=CC=CC1.[Hf+4].[c-]1ccccc1. The normalized spacial score (nSPS) is 12.1. The minimum Gasteiger partial charge on any atom is -0.855 e. The van der Waals surface area contributed by atoms with Gasteiger partial charge in [0.25, 0.3) is 0 Å². The molecule has 2 aliphatic carbocycles. The van der Waals surface area contributed by atoms with Crippen LogP contribution in [-0.2, 0) is 25.8 Å². The van der Waals surface area contributed by atoms with Crippen molar-refractivity contribution >= 4 is 0 Å². The van der Waals surface area contributed by atoms with Crippen LogP contribution in [0.1, 0.15) is 19.8 Å². The number of hydrogen-bond acceptors (Lipinski definition) is 1. The molecule has 0 radical (unpaired) electrons. The van der Waals surface area contributed by atoms with Crippen LogP contribution in [0.25, 0.3) is 0 Å². The van der Waals surface area contributed by atoms with E-state index in [0.29, 0.717) is 0 Å². The predicted molar refractivity (Wildman–Crippen MR) is 79.0 cm³/mol. The van der Waals surface area contributed by atoms with Crippen molar-refractivity contribution in [3.8, 4) is 0 Å². The van der Waals surface area contributed by atoms with Gasteiger partial charge in [-0.25, -0.2) is 24.3 Å². The van der Waals surface area contributed by atoms with Crippen molar-refractivity contribution in [3.63, 3.8) is 0 Å². The van der Waals surface area contributed by atoms with Crippen LogP contribution in [0.5, 0.6) is 0 Å². The summed E-state index contributed by atoms with van der Waals surface area (Å²) in [6.45, 7) is 1.57. The topological polar surface area (TPSA) is 23.1 Å². The molecule has 0 saturated carbocycles. The molecule has 20 heavy (non-hydrogen) atoms. The maximum absolute atomic E-state index is 8.93. The monoisotopic (exact) mass is 432 g/mol. The second-order valence-corrected chi connectivity index (χ2v) is 3.37. The van der Waals surface area contributed by atoms with Crippen molar-refractivity contribution in [3.05, 3.63) is 85.0 Å². The van der Waals surface area contributed by atoms with Crippen LogP contribution in [0.2, 0.25) is 0 Å². The summed E-state index contributed by atoms with van der Waals surface area (Å²) in [7, 11) is 0. The summed E-state index contributed by atoms with van der Waals surface area (Å²) in [5, 5.41) is 8.93. The molecule has 0 heterocycles. The fourth-order valence-electron chi connectivity index (χ4n) is 1.02. The van der Waals surface area contributed by atoms with Gasteiger partial charge in [0.2, 0.25) is 0 Å². The fourth-order valence-corrected chi connectivity index (χ4v) is 1.02. The van der Waals surface area contributed by atoms with Crippen molar-refractivity contribution in [2.24, 2.45) is 0 Å². The molecule has 0 saturated heterocycles. The molecule has 1 nitrogen and oxygen atoms in total. The minimum absolute atomic E-state index is 0. The fraction of sp³-hybridized carbons (Fsp3) is 0.222. The molecule has 0 aliphatic heterocycles. The van der Waals surface area contributed by atoms with Gasteiger partial charge in [0.05, 0.1) is 0 Å². The first-order valence-corrected chi connectivity index (χ1v) is 6.34. The smallest absolute Gasteiger partial charge is 0.855 e. The van der Waals surface area contributed by atoms with E-state index in [9.17, 15) is 0 Å². The van der Waals surface area contributed by atoms with Gasteiger partial charge in [-0.3, -0.25) is 12.2 Å². The molecule has 0 fully saturated rings. The second-order valence-electron chi connectivity index (χ2n) is 3.37. The Hall–Kier alpha value is -0.990. The Balaban J connectivity index is 0. The molecule has 1 aromatic carbocycles. The summed E-state index contributed by atoms with van der Waals surface area (Å²) < 4.78 is 0. The predicted octanol–water partition coefficient (Wildman–Crippen LogP) is 3.46. The Kier molecular flexibility index (Phi) is 21.7. The van der Waals surface area contributed by atoms with Gasteiger partial charge in [0.1, 0.15) is 0 Å². The van der Waals surface area contributed by atoms with Gasteiger partial charge in [-0.1, -0.05) is 6.92 Å². The molecule has 1 aromatic rings. The van der Waals surface area contributed by atoms with Crippen LogP contribution in [0.15, 0.2) is 66.8 Å². The summed E-state index contributed by atoms with van der Waals surface area (Å²) in [4.78, 5) is 0. The quantitative estimate of drug-likeness (QED) is 0.456. The molecule has 0 amide bonds. The molecule has 0 spiro atoms. The van der Waals surface area contributed by atoms with Crippen molar-refractivity contribution in [2.45, 2.75) is 19.8 Å². The number of allylic oxidation sites excluding steroid dienone is 8. The molecule has 102 valence electrons. The Morgan fingerprint density at radius 1 is 0.900 bits per heavy atom. The van der Waals surface area contributed by atoms with Crippen molar-refractivity contribution in [1.29, 1.82) is 0 Å². The third-order valence-electron chi connectivity index (χ3n) is 1.78. The maximum Gasteiger partial charge on any atom is 4.00 e. The van der Waals surface area contributed by atoms with E-state index >= 15 is 0 Å². The zero-order valence-electron chi connectivity index (χ0n) is 11.9. The second kappa shape index (κ2) is 20.3. The van der Waals surface area contributed by atoms with Gasteiger partial charge in [0, 0.05) is 0 Å². The van der Waals surface area contributed by atoms with Gasteiger partial charge in [0.15, 0.2) is 0 Å². The molecule has 0 bridgehead atoms. The van der Waals surface area contributed by atoms with Crippen LogP contribution in [0.4, 0.5) is 0 Å². The molecule has 2 heteroatoms. The van der Waals surface area contributed by atoms with Gasteiger partial charge < -0.3 is 5.11 Å².